The SMILES string of the molecule is CC[C@@H](Nc1nnnn1-c1ccccc1)c1ccc(C)cc1. The fourth-order valence-corrected chi connectivity index (χ4v) is 2.40. The largest absolute Gasteiger partial charge is 0.346 e. The summed E-state index contributed by atoms with van der Waals surface area (Å²) in [5.74, 6) is 0.652. The average Bonchev–Trinajstić information content (AvgIpc) is 3.02. The Morgan fingerprint density at radius 2 is 1.77 bits per heavy atom. The zero-order chi connectivity index (χ0) is 15.4. The third kappa shape index (κ3) is 2.98. The van der Waals surface area contributed by atoms with Crippen molar-refractivity contribution in [2.75, 3.05) is 5.32 Å². The molecule has 1 heterocycles. The van der Waals surface area contributed by atoms with Crippen molar-refractivity contribution in [3.63, 3.8) is 0 Å². The van der Waals surface area contributed by atoms with Crippen LogP contribution in [0.2, 0.25) is 0 Å². The Labute approximate surface area is 130 Å². The molecule has 1 aromatic heterocycles. The number of nitrogens with one attached hydrogen (secondary N) is 1. The van der Waals surface area contributed by atoms with Crippen LogP contribution in [0.15, 0.2) is 54.6 Å². The smallest absolute Gasteiger partial charge is 0.248 e. The minimum Gasteiger partial charge on any atom is -0.346 e. The van der Waals surface area contributed by atoms with Crippen LogP contribution in [-0.2, 0) is 0 Å². The first kappa shape index (κ1) is 14.3. The zero-order valence-corrected chi connectivity index (χ0v) is 12.8. The quantitative estimate of drug-likeness (QED) is 0.782. The van der Waals surface area contributed by atoms with Crippen LogP contribution >= 0.6 is 0 Å². The second-order valence-electron chi connectivity index (χ2n) is 5.27. The molecule has 0 saturated heterocycles. The van der Waals surface area contributed by atoms with Crippen molar-refractivity contribution in [3.8, 4) is 5.69 Å². The summed E-state index contributed by atoms with van der Waals surface area (Å²) in [6.07, 6.45) is 0.949. The summed E-state index contributed by atoms with van der Waals surface area (Å²) >= 11 is 0. The van der Waals surface area contributed by atoms with Crippen LogP contribution < -0.4 is 5.32 Å². The van der Waals surface area contributed by atoms with E-state index in [-0.39, 0.29) is 6.04 Å². The number of anilines is 1. The molecule has 2 aromatic carbocycles. The predicted molar refractivity (Wildman–Crippen MR) is 87.0 cm³/mol. The summed E-state index contributed by atoms with van der Waals surface area (Å²) in [4.78, 5) is 0. The number of benzene rings is 2. The highest BCUT2D eigenvalue weighted by molar-refractivity contribution is 5.40. The van der Waals surface area contributed by atoms with E-state index in [0.29, 0.717) is 5.95 Å². The summed E-state index contributed by atoms with van der Waals surface area (Å²) in [5, 5.41) is 15.4. The lowest BCUT2D eigenvalue weighted by Crippen LogP contribution is -2.14. The van der Waals surface area contributed by atoms with E-state index >= 15 is 0 Å². The summed E-state index contributed by atoms with van der Waals surface area (Å²) < 4.78 is 1.72. The number of hydrogen-bond donors (Lipinski definition) is 1. The molecule has 1 atom stereocenters. The van der Waals surface area contributed by atoms with Crippen LogP contribution in [0.3, 0.4) is 0 Å². The molecular formula is C17H19N5. The monoisotopic (exact) mass is 293 g/mol. The third-order valence-electron chi connectivity index (χ3n) is 3.66. The normalized spacial score (nSPS) is 12.1. The molecule has 0 amide bonds. The fraction of sp³-hybridized carbons (Fsp3) is 0.235. The molecule has 0 radical (unpaired) electrons. The molecule has 0 fully saturated rings. The highest BCUT2D eigenvalue weighted by Crippen LogP contribution is 2.22. The van der Waals surface area contributed by atoms with Gasteiger partial charge in [0, 0.05) is 0 Å². The maximum Gasteiger partial charge on any atom is 0.248 e. The molecule has 0 aliphatic carbocycles. The molecule has 0 aliphatic heterocycles. The molecule has 0 aliphatic rings. The molecule has 0 bridgehead atoms. The standard InChI is InChI=1S/C17H19N5/c1-3-16(14-11-9-13(2)10-12-14)18-17-19-20-21-22(17)15-7-5-4-6-8-15/h4-12,16H,3H2,1-2H3,(H,18,19,21)/t16-/m1/s1. The highest BCUT2D eigenvalue weighted by atomic mass is 15.6. The minimum absolute atomic E-state index is 0.175. The fourth-order valence-electron chi connectivity index (χ4n) is 2.40. The van der Waals surface area contributed by atoms with E-state index in [1.807, 2.05) is 30.3 Å². The molecule has 5 nitrogen and oxygen atoms in total. The summed E-state index contributed by atoms with van der Waals surface area (Å²) in [7, 11) is 0. The molecule has 5 heteroatoms. The maximum absolute atomic E-state index is 4.11. The molecule has 0 unspecified atom stereocenters. The molecule has 112 valence electrons. The second-order valence-corrected chi connectivity index (χ2v) is 5.27. The van der Waals surface area contributed by atoms with E-state index in [1.165, 1.54) is 11.1 Å². The van der Waals surface area contributed by atoms with Gasteiger partial charge in [0.25, 0.3) is 0 Å². The first-order chi connectivity index (χ1) is 10.8. The van der Waals surface area contributed by atoms with Crippen molar-refractivity contribution in [3.05, 3.63) is 65.7 Å². The summed E-state index contributed by atoms with van der Waals surface area (Å²) in [6, 6.07) is 18.6. The lowest BCUT2D eigenvalue weighted by molar-refractivity contribution is 0.725. The number of para-hydroxylation sites is 1. The Kier molecular flexibility index (Phi) is 4.14. The van der Waals surface area contributed by atoms with Gasteiger partial charge in [-0.05, 0) is 41.5 Å². The van der Waals surface area contributed by atoms with Gasteiger partial charge in [0.05, 0.1) is 11.7 Å². The lowest BCUT2D eigenvalue weighted by Gasteiger charge is -2.18. The summed E-state index contributed by atoms with van der Waals surface area (Å²) in [5.41, 5.74) is 3.43. The number of aryl methyl sites for hydroxylation is 1. The first-order valence-corrected chi connectivity index (χ1v) is 7.45. The second kappa shape index (κ2) is 6.39. The van der Waals surface area contributed by atoms with Crippen molar-refractivity contribution < 1.29 is 0 Å². The predicted octanol–water partition coefficient (Wildman–Crippen LogP) is 3.53. The highest BCUT2D eigenvalue weighted by Gasteiger charge is 2.14. The van der Waals surface area contributed by atoms with Crippen LogP contribution in [0.1, 0.15) is 30.5 Å². The van der Waals surface area contributed by atoms with E-state index in [9.17, 15) is 0 Å². The molecule has 1 N–H and O–H groups in total. The van der Waals surface area contributed by atoms with Gasteiger partial charge in [-0.1, -0.05) is 60.1 Å². The maximum atomic E-state index is 4.11. The first-order valence-electron chi connectivity index (χ1n) is 7.45. The van der Waals surface area contributed by atoms with E-state index in [1.54, 1.807) is 4.68 Å². The topological polar surface area (TPSA) is 55.6 Å². The zero-order valence-electron chi connectivity index (χ0n) is 12.8. The Morgan fingerprint density at radius 1 is 1.05 bits per heavy atom. The summed E-state index contributed by atoms with van der Waals surface area (Å²) in [6.45, 7) is 4.24. The van der Waals surface area contributed by atoms with Gasteiger partial charge in [-0.3, -0.25) is 0 Å². The number of nitrogens with zero attached hydrogens (tertiary/aromatic N) is 4. The van der Waals surface area contributed by atoms with E-state index in [0.717, 1.165) is 12.1 Å². The van der Waals surface area contributed by atoms with Gasteiger partial charge in [0.2, 0.25) is 5.95 Å². The van der Waals surface area contributed by atoms with Crippen LogP contribution in [-0.4, -0.2) is 20.2 Å². The van der Waals surface area contributed by atoms with Gasteiger partial charge >= 0.3 is 0 Å². The number of hydrogen-bond acceptors (Lipinski definition) is 4. The van der Waals surface area contributed by atoms with Crippen molar-refractivity contribution in [1.29, 1.82) is 0 Å². The van der Waals surface area contributed by atoms with Gasteiger partial charge in [-0.2, -0.15) is 4.68 Å². The van der Waals surface area contributed by atoms with Crippen molar-refractivity contribution in [2.24, 2.45) is 0 Å². The molecule has 0 spiro atoms. The average molecular weight is 293 g/mol. The van der Waals surface area contributed by atoms with Crippen LogP contribution in [0.25, 0.3) is 5.69 Å². The number of rotatable bonds is 5. The van der Waals surface area contributed by atoms with Gasteiger partial charge in [-0.15, -0.1) is 0 Å². The number of tetrazole rings is 1. The Morgan fingerprint density at radius 3 is 2.45 bits per heavy atom. The van der Waals surface area contributed by atoms with Gasteiger partial charge < -0.3 is 5.32 Å². The minimum atomic E-state index is 0.175. The molecule has 0 saturated carbocycles. The van der Waals surface area contributed by atoms with Gasteiger partial charge in [0.15, 0.2) is 0 Å². The Balaban J connectivity index is 1.86. The van der Waals surface area contributed by atoms with Gasteiger partial charge in [0.1, 0.15) is 0 Å². The van der Waals surface area contributed by atoms with Crippen LogP contribution in [0, 0.1) is 6.92 Å². The van der Waals surface area contributed by atoms with Crippen LogP contribution in [0.4, 0.5) is 5.95 Å². The Hall–Kier alpha value is -2.69. The van der Waals surface area contributed by atoms with Gasteiger partial charge in [-0.25, -0.2) is 0 Å². The molecule has 3 aromatic rings. The van der Waals surface area contributed by atoms with E-state index < -0.39 is 0 Å². The van der Waals surface area contributed by atoms with Crippen molar-refractivity contribution in [2.45, 2.75) is 26.3 Å². The lowest BCUT2D eigenvalue weighted by atomic mass is 10.0. The van der Waals surface area contributed by atoms with E-state index in [4.69, 9.17) is 0 Å². The Bertz CT molecular complexity index is 718. The molecule has 3 rings (SSSR count). The third-order valence-corrected chi connectivity index (χ3v) is 3.66. The van der Waals surface area contributed by atoms with Crippen molar-refractivity contribution >= 4 is 5.95 Å². The number of aromatic nitrogens is 4. The van der Waals surface area contributed by atoms with E-state index in [2.05, 4.69) is 59.0 Å². The van der Waals surface area contributed by atoms with Crippen LogP contribution in [0.5, 0.6) is 0 Å². The molecule has 22 heavy (non-hydrogen) atoms. The molecular weight excluding hydrogens is 274 g/mol. The van der Waals surface area contributed by atoms with Crippen molar-refractivity contribution in [1.82, 2.24) is 20.2 Å².